The molecule has 0 aliphatic heterocycles. The van der Waals surface area contributed by atoms with Crippen LogP contribution in [0.5, 0.6) is 0 Å². The van der Waals surface area contributed by atoms with E-state index in [0.717, 1.165) is 0 Å². The fourth-order valence-corrected chi connectivity index (χ4v) is 0.671. The maximum absolute atomic E-state index is 8.63. The van der Waals surface area contributed by atoms with Crippen molar-refractivity contribution in [2.24, 2.45) is 5.16 Å². The van der Waals surface area contributed by atoms with E-state index in [1.165, 1.54) is 6.20 Å². The number of aromatic nitrogens is 2. The monoisotopic (exact) mass is 155 g/mol. The van der Waals surface area contributed by atoms with E-state index in [9.17, 15) is 0 Å². The van der Waals surface area contributed by atoms with E-state index in [2.05, 4.69) is 15.1 Å². The van der Waals surface area contributed by atoms with E-state index in [1.807, 2.05) is 0 Å². The zero-order valence-corrected chi connectivity index (χ0v) is 6.07. The van der Waals surface area contributed by atoms with Gasteiger partial charge >= 0.3 is 0 Å². The molecule has 1 rings (SSSR count). The number of hydrogen-bond acceptors (Lipinski definition) is 4. The second-order valence-electron chi connectivity index (χ2n) is 2.10. The van der Waals surface area contributed by atoms with Gasteiger partial charge in [0.25, 0.3) is 0 Å². The highest BCUT2D eigenvalue weighted by atomic mass is 16.4. The molecule has 0 aliphatic carbocycles. The van der Waals surface area contributed by atoms with Crippen molar-refractivity contribution in [1.29, 1.82) is 0 Å². The summed E-state index contributed by atoms with van der Waals surface area (Å²) in [6.07, 6.45) is 1.49. The molecule has 1 aromatic rings. The summed E-state index contributed by atoms with van der Waals surface area (Å²) >= 11 is 0. The lowest BCUT2D eigenvalue weighted by Gasteiger charge is -1.89. The lowest BCUT2D eigenvalue weighted by Crippen LogP contribution is -1.97. The number of aliphatic hydroxyl groups is 1. The Hall–Kier alpha value is -1.36. The van der Waals surface area contributed by atoms with Crippen LogP contribution in [-0.2, 0) is 6.61 Å². The largest absolute Gasteiger partial charge is 0.411 e. The third kappa shape index (κ3) is 1.56. The molecule has 5 heteroatoms. The third-order valence-corrected chi connectivity index (χ3v) is 1.29. The van der Waals surface area contributed by atoms with E-state index in [1.54, 1.807) is 6.92 Å². The first-order valence-corrected chi connectivity index (χ1v) is 3.11. The summed E-state index contributed by atoms with van der Waals surface area (Å²) in [5, 5.41) is 19.9. The van der Waals surface area contributed by atoms with Crippen LogP contribution >= 0.6 is 0 Å². The lowest BCUT2D eigenvalue weighted by molar-refractivity contribution is 0.277. The number of aliphatic hydroxyl groups excluding tert-OH is 1. The quantitative estimate of drug-likeness (QED) is 0.322. The van der Waals surface area contributed by atoms with Crippen LogP contribution in [0, 0.1) is 0 Å². The van der Waals surface area contributed by atoms with E-state index < -0.39 is 0 Å². The van der Waals surface area contributed by atoms with Gasteiger partial charge in [-0.15, -0.1) is 0 Å². The van der Waals surface area contributed by atoms with E-state index >= 15 is 0 Å². The van der Waals surface area contributed by atoms with Gasteiger partial charge in [-0.2, -0.15) is 0 Å². The summed E-state index contributed by atoms with van der Waals surface area (Å²) in [5.41, 5.74) is 0.993. The average molecular weight is 155 g/mol. The topological polar surface area (TPSA) is 81.5 Å². The highest BCUT2D eigenvalue weighted by Gasteiger charge is 2.01. The first-order valence-electron chi connectivity index (χ1n) is 3.11. The Kier molecular flexibility index (Phi) is 2.22. The number of nitrogens with one attached hydrogen (secondary N) is 1. The van der Waals surface area contributed by atoms with Crippen molar-refractivity contribution >= 4 is 5.71 Å². The number of nitrogens with zero attached hydrogens (tertiary/aromatic N) is 2. The third-order valence-electron chi connectivity index (χ3n) is 1.29. The normalized spacial score (nSPS) is 12.0. The van der Waals surface area contributed by atoms with Gasteiger partial charge in [0.05, 0.1) is 18.5 Å². The Balaban J connectivity index is 2.89. The van der Waals surface area contributed by atoms with Gasteiger partial charge in [0.1, 0.15) is 5.71 Å². The zero-order chi connectivity index (χ0) is 8.27. The van der Waals surface area contributed by atoms with Crippen molar-refractivity contribution in [2.45, 2.75) is 13.5 Å². The minimum absolute atomic E-state index is 0.0916. The molecule has 0 radical (unpaired) electrons. The van der Waals surface area contributed by atoms with Crippen LogP contribution in [0.15, 0.2) is 11.4 Å². The molecule has 1 heterocycles. The minimum atomic E-state index is -0.0916. The number of imidazole rings is 1. The van der Waals surface area contributed by atoms with Gasteiger partial charge in [-0.05, 0) is 6.92 Å². The summed E-state index contributed by atoms with van der Waals surface area (Å²) in [6.45, 7) is 1.52. The summed E-state index contributed by atoms with van der Waals surface area (Å²) in [7, 11) is 0. The first-order chi connectivity index (χ1) is 5.27. The molecule has 1 aromatic heterocycles. The molecule has 0 saturated heterocycles. The van der Waals surface area contributed by atoms with E-state index in [0.29, 0.717) is 17.2 Å². The van der Waals surface area contributed by atoms with Gasteiger partial charge in [-0.25, -0.2) is 4.98 Å². The van der Waals surface area contributed by atoms with Gasteiger partial charge in [0.2, 0.25) is 0 Å². The standard InChI is InChI=1S/C6H9N3O2/c1-4(9-11)6-7-2-5(3-10)8-6/h2,10-11H,3H2,1H3,(H,7,8)/b9-4-. The maximum atomic E-state index is 8.63. The fraction of sp³-hybridized carbons (Fsp3) is 0.333. The molecular weight excluding hydrogens is 146 g/mol. The molecule has 0 aromatic carbocycles. The van der Waals surface area contributed by atoms with Crippen LogP contribution in [0.1, 0.15) is 18.4 Å². The van der Waals surface area contributed by atoms with Gasteiger partial charge < -0.3 is 15.3 Å². The Morgan fingerprint density at radius 1 is 1.82 bits per heavy atom. The van der Waals surface area contributed by atoms with E-state index in [4.69, 9.17) is 10.3 Å². The summed E-state index contributed by atoms with van der Waals surface area (Å²) in [4.78, 5) is 6.61. The SMILES string of the molecule is C/C(=N/O)c1ncc(CO)[nH]1. The molecule has 0 saturated carbocycles. The molecule has 5 nitrogen and oxygen atoms in total. The highest BCUT2D eigenvalue weighted by Crippen LogP contribution is 1.97. The molecular formula is C6H9N3O2. The van der Waals surface area contributed by atoms with Crippen molar-refractivity contribution in [3.63, 3.8) is 0 Å². The minimum Gasteiger partial charge on any atom is -0.411 e. The van der Waals surface area contributed by atoms with Crippen molar-refractivity contribution < 1.29 is 10.3 Å². The van der Waals surface area contributed by atoms with Crippen LogP contribution in [-0.4, -0.2) is 26.0 Å². The number of hydrogen-bond donors (Lipinski definition) is 3. The van der Waals surface area contributed by atoms with Gasteiger partial charge in [-0.1, -0.05) is 5.16 Å². The molecule has 0 amide bonds. The zero-order valence-electron chi connectivity index (χ0n) is 6.07. The van der Waals surface area contributed by atoms with E-state index in [-0.39, 0.29) is 6.61 Å². The van der Waals surface area contributed by atoms with Gasteiger partial charge in [0, 0.05) is 0 Å². The summed E-state index contributed by atoms with van der Waals surface area (Å²) in [6, 6.07) is 0. The average Bonchev–Trinajstić information content (AvgIpc) is 2.50. The van der Waals surface area contributed by atoms with Crippen LogP contribution < -0.4 is 0 Å². The van der Waals surface area contributed by atoms with Crippen LogP contribution in [0.3, 0.4) is 0 Å². The van der Waals surface area contributed by atoms with Crippen LogP contribution in [0.25, 0.3) is 0 Å². The molecule has 0 atom stereocenters. The Morgan fingerprint density at radius 3 is 3.00 bits per heavy atom. The molecule has 0 spiro atoms. The second-order valence-corrected chi connectivity index (χ2v) is 2.10. The van der Waals surface area contributed by atoms with Crippen molar-refractivity contribution in [3.8, 4) is 0 Å². The molecule has 0 bridgehead atoms. The van der Waals surface area contributed by atoms with Crippen LogP contribution in [0.4, 0.5) is 0 Å². The predicted molar refractivity (Wildman–Crippen MR) is 38.5 cm³/mol. The van der Waals surface area contributed by atoms with Gasteiger partial charge in [-0.3, -0.25) is 0 Å². The Morgan fingerprint density at radius 2 is 2.55 bits per heavy atom. The van der Waals surface area contributed by atoms with Crippen LogP contribution in [0.2, 0.25) is 0 Å². The van der Waals surface area contributed by atoms with Gasteiger partial charge in [0.15, 0.2) is 5.82 Å². The highest BCUT2D eigenvalue weighted by molar-refractivity contribution is 5.94. The molecule has 0 aliphatic rings. The molecule has 11 heavy (non-hydrogen) atoms. The Bertz CT molecular complexity index is 267. The molecule has 3 N–H and O–H groups in total. The number of aromatic amines is 1. The summed E-state index contributed by atoms with van der Waals surface area (Å²) in [5.74, 6) is 0.469. The smallest absolute Gasteiger partial charge is 0.155 e. The van der Waals surface area contributed by atoms with Crippen molar-refractivity contribution in [2.75, 3.05) is 0 Å². The maximum Gasteiger partial charge on any atom is 0.155 e. The predicted octanol–water partition coefficient (Wildman–Crippen LogP) is 0.100. The fourth-order valence-electron chi connectivity index (χ4n) is 0.671. The number of rotatable bonds is 2. The number of oxime groups is 1. The Labute approximate surface area is 63.4 Å². The lowest BCUT2D eigenvalue weighted by atomic mass is 10.4. The molecule has 60 valence electrons. The molecule has 0 unspecified atom stereocenters. The molecule has 0 fully saturated rings. The first kappa shape index (κ1) is 7.74. The van der Waals surface area contributed by atoms with Crippen molar-refractivity contribution in [1.82, 2.24) is 9.97 Å². The summed E-state index contributed by atoms with van der Waals surface area (Å²) < 4.78 is 0. The second kappa shape index (κ2) is 3.16. The number of H-pyrrole nitrogens is 1. The van der Waals surface area contributed by atoms with Crippen molar-refractivity contribution in [3.05, 3.63) is 17.7 Å².